The Bertz CT molecular complexity index is 1810. The summed E-state index contributed by atoms with van der Waals surface area (Å²) in [5, 5.41) is 20.0. The van der Waals surface area contributed by atoms with Crippen LogP contribution in [0.3, 0.4) is 0 Å². The highest BCUT2D eigenvalue weighted by Crippen LogP contribution is 2.44. The molecule has 1 N–H and O–H groups in total. The summed E-state index contributed by atoms with van der Waals surface area (Å²) < 4.78 is 12.3. The molecule has 1 aliphatic rings. The maximum Gasteiger partial charge on any atom is 0.296 e. The van der Waals surface area contributed by atoms with E-state index in [4.69, 9.17) is 9.15 Å². The number of ether oxygens (including phenoxy) is 1. The summed E-state index contributed by atoms with van der Waals surface area (Å²) in [6.07, 6.45) is 0. The van der Waals surface area contributed by atoms with Crippen molar-refractivity contribution >= 4 is 39.9 Å². The lowest BCUT2D eigenvalue weighted by molar-refractivity contribution is -0.117. The molecular formula is C33H27N3O5S2. The van der Waals surface area contributed by atoms with Crippen LogP contribution in [0.2, 0.25) is 0 Å². The first-order valence-electron chi connectivity index (χ1n) is 13.5. The summed E-state index contributed by atoms with van der Waals surface area (Å²) in [6, 6.07) is 27.3. The maximum atomic E-state index is 13.7. The number of aliphatic hydroxyl groups is 1. The summed E-state index contributed by atoms with van der Waals surface area (Å²) in [6.45, 7) is 4.10. The summed E-state index contributed by atoms with van der Waals surface area (Å²) >= 11 is 2.72. The van der Waals surface area contributed by atoms with Crippen LogP contribution in [0.4, 0.5) is 5.13 Å². The Morgan fingerprint density at radius 3 is 2.51 bits per heavy atom. The number of hydrogen-bond donors (Lipinski definition) is 1. The fraction of sp³-hybridized carbons (Fsp3) is 0.152. The molecule has 0 radical (unpaired) electrons. The highest BCUT2D eigenvalue weighted by atomic mass is 32.2. The second kappa shape index (κ2) is 12.3. The minimum atomic E-state index is -0.978. The highest BCUT2D eigenvalue weighted by Gasteiger charge is 2.46. The van der Waals surface area contributed by atoms with Crippen LogP contribution in [-0.2, 0) is 17.2 Å². The number of anilines is 1. The number of rotatable bonds is 10. The van der Waals surface area contributed by atoms with E-state index in [9.17, 15) is 14.7 Å². The Kier molecular flexibility index (Phi) is 8.13. The number of Topliss-reactive ketones (excluding diaryl/α,β-unsaturated/α-hetero) is 1. The van der Waals surface area contributed by atoms with Gasteiger partial charge in [-0.3, -0.25) is 14.5 Å². The SMILES string of the molecule is Cc1ccc(CSc2nnc(N3C(=O)C(O)=C(C(=O)c4ccc(C)o4)C3c3cccc(OCc4ccccc4)c3)s2)cc1. The zero-order valence-corrected chi connectivity index (χ0v) is 25.0. The van der Waals surface area contributed by atoms with E-state index in [1.807, 2.05) is 37.3 Å². The summed E-state index contributed by atoms with van der Waals surface area (Å²) in [4.78, 5) is 28.6. The third-order valence-electron chi connectivity index (χ3n) is 6.92. The van der Waals surface area contributed by atoms with Gasteiger partial charge in [-0.25, -0.2) is 0 Å². The van der Waals surface area contributed by atoms with Crippen molar-refractivity contribution in [1.82, 2.24) is 10.2 Å². The van der Waals surface area contributed by atoms with Crippen LogP contribution in [0.5, 0.6) is 5.75 Å². The van der Waals surface area contributed by atoms with Crippen molar-refractivity contribution in [3.8, 4) is 5.75 Å². The summed E-state index contributed by atoms with van der Waals surface area (Å²) in [7, 11) is 0. The smallest absolute Gasteiger partial charge is 0.296 e. The Morgan fingerprint density at radius 1 is 0.977 bits per heavy atom. The second-order valence-corrected chi connectivity index (χ2v) is 12.2. The molecule has 2 aromatic heterocycles. The summed E-state index contributed by atoms with van der Waals surface area (Å²) in [5.41, 5.74) is 3.79. The number of amides is 1. The number of carbonyl (C=O) groups excluding carboxylic acids is 2. The van der Waals surface area contributed by atoms with E-state index >= 15 is 0 Å². The van der Waals surface area contributed by atoms with Gasteiger partial charge in [-0.05, 0) is 54.8 Å². The summed E-state index contributed by atoms with van der Waals surface area (Å²) in [5.74, 6) is -0.174. The standard InChI is InChI=1S/C33H27N3O5S2/c1-20-11-14-23(15-12-20)19-42-33-35-34-32(43-33)36-28(27(30(38)31(36)39)29(37)26-16-13-21(2)41-26)24-9-6-10-25(17-24)40-18-22-7-4-3-5-8-22/h3-17,28,38H,18-19H2,1-2H3. The quantitative estimate of drug-likeness (QED) is 0.0992. The molecule has 8 nitrogen and oxygen atoms in total. The van der Waals surface area contributed by atoms with E-state index in [0.29, 0.717) is 33.8 Å². The number of aromatic nitrogens is 2. The molecule has 0 saturated carbocycles. The van der Waals surface area contributed by atoms with E-state index < -0.39 is 23.5 Å². The third kappa shape index (κ3) is 6.11. The topological polar surface area (TPSA) is 106 Å². The maximum absolute atomic E-state index is 13.7. The fourth-order valence-electron chi connectivity index (χ4n) is 4.74. The van der Waals surface area contributed by atoms with Crippen LogP contribution in [-0.4, -0.2) is 27.0 Å². The monoisotopic (exact) mass is 609 g/mol. The van der Waals surface area contributed by atoms with Crippen LogP contribution >= 0.6 is 23.1 Å². The number of nitrogens with zero attached hydrogens (tertiary/aromatic N) is 3. The average molecular weight is 610 g/mol. The number of thioether (sulfide) groups is 1. The lowest BCUT2D eigenvalue weighted by Crippen LogP contribution is -2.31. The van der Waals surface area contributed by atoms with Gasteiger partial charge in [0.1, 0.15) is 18.1 Å². The van der Waals surface area contributed by atoms with E-state index in [1.54, 1.807) is 37.3 Å². The van der Waals surface area contributed by atoms with Gasteiger partial charge in [0.2, 0.25) is 10.9 Å². The van der Waals surface area contributed by atoms with Crippen molar-refractivity contribution < 1.29 is 23.8 Å². The molecule has 0 aliphatic carbocycles. The second-order valence-electron chi connectivity index (χ2n) is 10.1. The van der Waals surface area contributed by atoms with Crippen LogP contribution in [0, 0.1) is 13.8 Å². The molecule has 43 heavy (non-hydrogen) atoms. The van der Waals surface area contributed by atoms with E-state index in [2.05, 4.69) is 34.5 Å². The number of hydrogen-bond acceptors (Lipinski definition) is 9. The van der Waals surface area contributed by atoms with Crippen molar-refractivity contribution in [3.63, 3.8) is 0 Å². The van der Waals surface area contributed by atoms with E-state index in [-0.39, 0.29) is 16.5 Å². The molecule has 10 heteroatoms. The molecule has 6 rings (SSSR count). The Balaban J connectivity index is 1.33. The van der Waals surface area contributed by atoms with Gasteiger partial charge in [0, 0.05) is 5.75 Å². The van der Waals surface area contributed by atoms with Gasteiger partial charge in [-0.2, -0.15) is 0 Å². The molecule has 0 fully saturated rings. The number of aryl methyl sites for hydroxylation is 2. The predicted octanol–water partition coefficient (Wildman–Crippen LogP) is 7.40. The van der Waals surface area contributed by atoms with Crippen LogP contribution in [0.15, 0.2) is 111 Å². The molecule has 3 aromatic carbocycles. The lowest BCUT2D eigenvalue weighted by Gasteiger charge is -2.24. The molecule has 216 valence electrons. The number of benzene rings is 3. The zero-order chi connectivity index (χ0) is 29.9. The molecule has 0 bridgehead atoms. The molecule has 1 unspecified atom stereocenters. The largest absolute Gasteiger partial charge is 0.503 e. The number of furan rings is 1. The molecule has 1 atom stereocenters. The normalized spacial score (nSPS) is 14.9. The first kappa shape index (κ1) is 28.4. The van der Waals surface area contributed by atoms with Crippen molar-refractivity contribution in [2.24, 2.45) is 0 Å². The molecule has 1 aliphatic heterocycles. The van der Waals surface area contributed by atoms with Crippen molar-refractivity contribution in [1.29, 1.82) is 0 Å². The highest BCUT2D eigenvalue weighted by molar-refractivity contribution is 8.00. The van der Waals surface area contributed by atoms with Gasteiger partial charge < -0.3 is 14.3 Å². The minimum Gasteiger partial charge on any atom is -0.503 e. The van der Waals surface area contributed by atoms with Crippen molar-refractivity contribution in [2.75, 3.05) is 4.90 Å². The molecule has 0 saturated heterocycles. The first-order valence-corrected chi connectivity index (χ1v) is 15.3. The van der Waals surface area contributed by atoms with Gasteiger partial charge in [-0.15, -0.1) is 10.2 Å². The molecule has 0 spiro atoms. The van der Waals surface area contributed by atoms with Gasteiger partial charge in [0.25, 0.3) is 5.91 Å². The Hall–Kier alpha value is -4.67. The molecule has 5 aromatic rings. The van der Waals surface area contributed by atoms with Crippen molar-refractivity contribution in [2.45, 2.75) is 36.6 Å². The molecule has 1 amide bonds. The fourth-order valence-corrected chi connectivity index (χ4v) is 6.57. The lowest BCUT2D eigenvalue weighted by atomic mass is 9.95. The Morgan fingerprint density at radius 2 is 1.77 bits per heavy atom. The number of ketones is 1. The average Bonchev–Trinajstić information content (AvgIpc) is 3.74. The van der Waals surface area contributed by atoms with Crippen LogP contribution < -0.4 is 9.64 Å². The van der Waals surface area contributed by atoms with Crippen molar-refractivity contribution in [3.05, 3.63) is 136 Å². The van der Waals surface area contributed by atoms with Gasteiger partial charge in [0.05, 0.1) is 11.6 Å². The Labute approximate surface area is 256 Å². The minimum absolute atomic E-state index is 0.0294. The first-order chi connectivity index (χ1) is 20.9. The van der Waals surface area contributed by atoms with Gasteiger partial charge >= 0.3 is 0 Å². The van der Waals surface area contributed by atoms with Gasteiger partial charge in [-0.1, -0.05) is 95.4 Å². The third-order valence-corrected chi connectivity index (χ3v) is 9.05. The number of carbonyl (C=O) groups is 2. The number of aliphatic hydroxyl groups excluding tert-OH is 1. The predicted molar refractivity (Wildman–Crippen MR) is 166 cm³/mol. The van der Waals surface area contributed by atoms with Crippen LogP contribution in [0.1, 0.15) is 44.6 Å². The zero-order valence-electron chi connectivity index (χ0n) is 23.4. The van der Waals surface area contributed by atoms with E-state index in [1.165, 1.54) is 39.6 Å². The molecule has 3 heterocycles. The van der Waals surface area contributed by atoms with Crippen LogP contribution in [0.25, 0.3) is 0 Å². The molecular weight excluding hydrogens is 583 g/mol. The van der Waals surface area contributed by atoms with Gasteiger partial charge in [0.15, 0.2) is 15.9 Å². The van der Waals surface area contributed by atoms with E-state index in [0.717, 1.165) is 11.1 Å².